The van der Waals surface area contributed by atoms with Crippen LogP contribution in [0.2, 0.25) is 0 Å². The molecule has 8 nitrogen and oxygen atoms in total. The highest BCUT2D eigenvalue weighted by Gasteiger charge is 2.41. The molecule has 2 aromatic carbocycles. The van der Waals surface area contributed by atoms with E-state index in [0.717, 1.165) is 38.5 Å². The van der Waals surface area contributed by atoms with Crippen LogP contribution in [0.4, 0.5) is 0 Å². The van der Waals surface area contributed by atoms with Crippen molar-refractivity contribution in [2.24, 2.45) is 11.8 Å². The molecule has 38 heavy (non-hydrogen) atoms. The van der Waals surface area contributed by atoms with Gasteiger partial charge in [0.2, 0.25) is 0 Å². The summed E-state index contributed by atoms with van der Waals surface area (Å²) in [6.07, 6.45) is 8.12. The van der Waals surface area contributed by atoms with Crippen molar-refractivity contribution in [2.45, 2.75) is 50.6 Å². The van der Waals surface area contributed by atoms with Crippen molar-refractivity contribution in [1.29, 1.82) is 0 Å². The van der Waals surface area contributed by atoms with Crippen molar-refractivity contribution in [1.82, 2.24) is 10.6 Å². The molecule has 2 aliphatic rings. The lowest BCUT2D eigenvalue weighted by molar-refractivity contribution is 0.0645. The van der Waals surface area contributed by atoms with Crippen LogP contribution in [0, 0.1) is 11.8 Å². The van der Waals surface area contributed by atoms with Crippen molar-refractivity contribution < 1.29 is 29.4 Å². The Balaban J connectivity index is 1.53. The molecule has 2 aromatic rings. The molecule has 8 heteroatoms. The maximum atomic E-state index is 13.2. The first kappa shape index (κ1) is 26.9. The quantitative estimate of drug-likeness (QED) is 0.396. The zero-order valence-corrected chi connectivity index (χ0v) is 21.1. The van der Waals surface area contributed by atoms with E-state index >= 15 is 0 Å². The standard InChI is InChI=1S/C30H32N2O6/c1-3-17-11-13-21(29(35)36)23(15-17)27(33)31-25-9-5-8-20-19(25)7-6-10-26(20)32-28(34)24-16-18(4-2)12-14-22(24)30(37)38/h3-4,11-16,19-20,25-26H,1-2,5-10H2,(H,31,33)(H,32,34)(H,35,36)(H,37,38). The Labute approximate surface area is 221 Å². The summed E-state index contributed by atoms with van der Waals surface area (Å²) < 4.78 is 0. The Kier molecular flexibility index (Phi) is 8.10. The molecule has 2 saturated carbocycles. The molecule has 0 aromatic heterocycles. The van der Waals surface area contributed by atoms with Gasteiger partial charge in [-0.3, -0.25) is 9.59 Å². The van der Waals surface area contributed by atoms with Gasteiger partial charge in [-0.15, -0.1) is 0 Å². The Morgan fingerprint density at radius 3 is 1.39 bits per heavy atom. The van der Waals surface area contributed by atoms with Crippen LogP contribution >= 0.6 is 0 Å². The summed E-state index contributed by atoms with van der Waals surface area (Å²) in [6.45, 7) is 7.41. The average molecular weight is 517 g/mol. The van der Waals surface area contributed by atoms with Gasteiger partial charge in [0.1, 0.15) is 0 Å². The second-order valence-corrected chi connectivity index (χ2v) is 9.98. The summed E-state index contributed by atoms with van der Waals surface area (Å²) in [5.41, 5.74) is 1.38. The number of nitrogens with one attached hydrogen (secondary N) is 2. The topological polar surface area (TPSA) is 133 Å². The first-order valence-electron chi connectivity index (χ1n) is 12.8. The predicted molar refractivity (Wildman–Crippen MR) is 144 cm³/mol. The molecule has 4 unspecified atom stereocenters. The Morgan fingerprint density at radius 2 is 1.05 bits per heavy atom. The van der Waals surface area contributed by atoms with Crippen molar-refractivity contribution in [3.63, 3.8) is 0 Å². The average Bonchev–Trinajstić information content (AvgIpc) is 2.92. The van der Waals surface area contributed by atoms with Crippen molar-refractivity contribution in [3.8, 4) is 0 Å². The monoisotopic (exact) mass is 516 g/mol. The maximum absolute atomic E-state index is 13.2. The van der Waals surface area contributed by atoms with Crippen LogP contribution in [0.3, 0.4) is 0 Å². The summed E-state index contributed by atoms with van der Waals surface area (Å²) in [5.74, 6) is -2.99. The number of rotatable bonds is 8. The van der Waals surface area contributed by atoms with Crippen LogP contribution in [0.25, 0.3) is 12.2 Å². The molecule has 198 valence electrons. The smallest absolute Gasteiger partial charge is 0.336 e. The van der Waals surface area contributed by atoms with E-state index < -0.39 is 23.8 Å². The number of carbonyl (C=O) groups is 4. The number of carboxylic acids is 2. The fourth-order valence-corrected chi connectivity index (χ4v) is 5.98. The lowest BCUT2D eigenvalue weighted by Gasteiger charge is -2.46. The number of carbonyl (C=O) groups excluding carboxylic acids is 2. The van der Waals surface area contributed by atoms with Gasteiger partial charge in [-0.2, -0.15) is 0 Å². The summed E-state index contributed by atoms with van der Waals surface area (Å²) in [4.78, 5) is 49.9. The van der Waals surface area contributed by atoms with Gasteiger partial charge in [0.25, 0.3) is 11.8 Å². The second-order valence-electron chi connectivity index (χ2n) is 9.98. The molecular formula is C30H32N2O6. The predicted octanol–water partition coefficient (Wildman–Crippen LogP) is 4.87. The molecular weight excluding hydrogens is 484 g/mol. The van der Waals surface area contributed by atoms with E-state index in [1.54, 1.807) is 24.3 Å². The van der Waals surface area contributed by atoms with E-state index in [0.29, 0.717) is 11.1 Å². The molecule has 0 spiro atoms. The lowest BCUT2D eigenvalue weighted by Crippen LogP contribution is -2.54. The number of hydrogen-bond donors (Lipinski definition) is 4. The normalized spacial score (nSPS) is 22.4. The van der Waals surface area contributed by atoms with E-state index in [-0.39, 0.29) is 46.2 Å². The van der Waals surface area contributed by atoms with E-state index in [1.165, 1.54) is 24.3 Å². The number of benzene rings is 2. The molecule has 0 bridgehead atoms. The minimum absolute atomic E-state index is 0.0646. The van der Waals surface area contributed by atoms with Gasteiger partial charge in [0.05, 0.1) is 22.3 Å². The van der Waals surface area contributed by atoms with E-state index in [9.17, 15) is 29.4 Å². The van der Waals surface area contributed by atoms with Gasteiger partial charge in [0.15, 0.2) is 0 Å². The van der Waals surface area contributed by atoms with Gasteiger partial charge in [-0.1, -0.05) is 50.3 Å². The maximum Gasteiger partial charge on any atom is 0.336 e. The first-order valence-corrected chi connectivity index (χ1v) is 12.8. The van der Waals surface area contributed by atoms with Gasteiger partial charge in [-0.25, -0.2) is 9.59 Å². The molecule has 4 rings (SSSR count). The SMILES string of the molecule is C=Cc1ccc(C(=O)O)c(C(=O)NC2CCCC3C(NC(=O)c4cc(C=C)ccc4C(=O)O)CCCC23)c1. The molecule has 0 aliphatic heterocycles. The largest absolute Gasteiger partial charge is 0.478 e. The zero-order valence-electron chi connectivity index (χ0n) is 21.1. The van der Waals surface area contributed by atoms with Gasteiger partial charge < -0.3 is 20.8 Å². The number of fused-ring (bicyclic) bond motifs is 1. The van der Waals surface area contributed by atoms with Crippen molar-refractivity contribution in [3.05, 3.63) is 82.9 Å². The summed E-state index contributed by atoms with van der Waals surface area (Å²) >= 11 is 0. The number of aromatic carboxylic acids is 2. The Bertz CT molecular complexity index is 1200. The molecule has 2 aliphatic carbocycles. The van der Waals surface area contributed by atoms with Crippen molar-refractivity contribution in [2.75, 3.05) is 0 Å². The second kappa shape index (κ2) is 11.5. The van der Waals surface area contributed by atoms with Crippen LogP contribution in [0.15, 0.2) is 49.6 Å². The summed E-state index contributed by atoms with van der Waals surface area (Å²) in [5, 5.41) is 25.3. The number of hydrogen-bond acceptors (Lipinski definition) is 4. The van der Waals surface area contributed by atoms with Crippen LogP contribution < -0.4 is 10.6 Å². The van der Waals surface area contributed by atoms with Gasteiger partial charge in [-0.05, 0) is 72.9 Å². The molecule has 4 N–H and O–H groups in total. The minimum atomic E-state index is -1.17. The lowest BCUT2D eigenvalue weighted by atomic mass is 9.66. The molecule has 0 radical (unpaired) electrons. The van der Waals surface area contributed by atoms with E-state index in [4.69, 9.17) is 0 Å². The molecule has 0 saturated heterocycles. The van der Waals surface area contributed by atoms with Gasteiger partial charge >= 0.3 is 11.9 Å². The first-order chi connectivity index (χ1) is 18.2. The number of carboxylic acid groups (broad SMARTS) is 2. The minimum Gasteiger partial charge on any atom is -0.478 e. The highest BCUT2D eigenvalue weighted by Crippen LogP contribution is 2.41. The summed E-state index contributed by atoms with van der Waals surface area (Å²) in [6, 6.07) is 8.80. The number of amides is 2. The molecule has 2 amide bonds. The van der Waals surface area contributed by atoms with Crippen molar-refractivity contribution >= 4 is 35.9 Å². The fraction of sp³-hybridized carbons (Fsp3) is 0.333. The van der Waals surface area contributed by atoms with Crippen LogP contribution in [0.5, 0.6) is 0 Å². The Morgan fingerprint density at radius 1 is 0.658 bits per heavy atom. The third kappa shape index (κ3) is 5.54. The van der Waals surface area contributed by atoms with Gasteiger partial charge in [0, 0.05) is 12.1 Å². The van der Waals surface area contributed by atoms with Crippen LogP contribution in [-0.4, -0.2) is 46.0 Å². The fourth-order valence-electron chi connectivity index (χ4n) is 5.98. The summed E-state index contributed by atoms with van der Waals surface area (Å²) in [7, 11) is 0. The third-order valence-electron chi connectivity index (χ3n) is 7.83. The zero-order chi connectivity index (χ0) is 27.4. The third-order valence-corrected chi connectivity index (χ3v) is 7.83. The highest BCUT2D eigenvalue weighted by molar-refractivity contribution is 6.06. The Hall–Kier alpha value is -4.20. The molecule has 2 fully saturated rings. The van der Waals surface area contributed by atoms with Crippen LogP contribution in [0.1, 0.15) is 91.1 Å². The molecule has 0 heterocycles. The molecule has 4 atom stereocenters. The highest BCUT2D eigenvalue weighted by atomic mass is 16.4. The van der Waals surface area contributed by atoms with Crippen LogP contribution in [-0.2, 0) is 0 Å². The van der Waals surface area contributed by atoms with E-state index in [1.807, 2.05) is 0 Å². The van der Waals surface area contributed by atoms with E-state index in [2.05, 4.69) is 23.8 Å².